The zero-order valence-corrected chi connectivity index (χ0v) is 17.1. The summed E-state index contributed by atoms with van der Waals surface area (Å²) in [6, 6.07) is 14.1. The third-order valence-electron chi connectivity index (χ3n) is 5.29. The molecule has 3 aromatic heterocycles. The van der Waals surface area contributed by atoms with Crippen molar-refractivity contribution < 1.29 is 4.74 Å². The zero-order chi connectivity index (χ0) is 21.0. The molecular formula is C23H23N7O. The molecule has 8 heteroatoms. The number of aromatic nitrogens is 5. The van der Waals surface area contributed by atoms with Gasteiger partial charge in [0.25, 0.3) is 0 Å². The lowest BCUT2D eigenvalue weighted by atomic mass is 10.1. The molecule has 0 aliphatic rings. The van der Waals surface area contributed by atoms with Crippen LogP contribution in [0.25, 0.3) is 21.8 Å². The maximum Gasteiger partial charge on any atom is 0.224 e. The van der Waals surface area contributed by atoms with Gasteiger partial charge in [0, 0.05) is 41.8 Å². The maximum absolute atomic E-state index is 5.35. The Morgan fingerprint density at radius 2 is 1.97 bits per heavy atom. The molecular weight excluding hydrogens is 390 g/mol. The van der Waals surface area contributed by atoms with E-state index in [1.807, 2.05) is 30.5 Å². The van der Waals surface area contributed by atoms with Gasteiger partial charge < -0.3 is 20.4 Å². The van der Waals surface area contributed by atoms with Crippen LogP contribution in [0, 0.1) is 0 Å². The van der Waals surface area contributed by atoms with E-state index in [1.54, 1.807) is 13.3 Å². The van der Waals surface area contributed by atoms with Gasteiger partial charge in [-0.05, 0) is 53.9 Å². The molecule has 8 nitrogen and oxygen atoms in total. The van der Waals surface area contributed by atoms with Crippen LogP contribution in [0.2, 0.25) is 0 Å². The second kappa shape index (κ2) is 8.35. The Balaban J connectivity index is 1.19. The number of H-pyrrole nitrogens is 2. The van der Waals surface area contributed by atoms with Crippen molar-refractivity contribution in [1.29, 1.82) is 0 Å². The minimum absolute atomic E-state index is 0.592. The minimum atomic E-state index is 0.592. The highest BCUT2D eigenvalue weighted by molar-refractivity contribution is 5.84. The van der Waals surface area contributed by atoms with Crippen molar-refractivity contribution in [2.75, 3.05) is 24.3 Å². The molecule has 156 valence electrons. The summed E-state index contributed by atoms with van der Waals surface area (Å²) in [5.41, 5.74) is 4.52. The highest BCUT2D eigenvalue weighted by Crippen LogP contribution is 2.24. The van der Waals surface area contributed by atoms with Crippen molar-refractivity contribution in [3.63, 3.8) is 0 Å². The summed E-state index contributed by atoms with van der Waals surface area (Å²) in [6.07, 6.45) is 6.50. The Morgan fingerprint density at radius 3 is 2.90 bits per heavy atom. The van der Waals surface area contributed by atoms with Crippen LogP contribution in [0.4, 0.5) is 11.8 Å². The number of aromatic amines is 2. The van der Waals surface area contributed by atoms with Gasteiger partial charge in [-0.2, -0.15) is 10.1 Å². The summed E-state index contributed by atoms with van der Waals surface area (Å²) >= 11 is 0. The fraction of sp³-hybridized carbons (Fsp3) is 0.174. The number of rotatable bonds is 8. The Morgan fingerprint density at radius 1 is 1.03 bits per heavy atom. The lowest BCUT2D eigenvalue weighted by Crippen LogP contribution is -2.09. The molecule has 0 saturated carbocycles. The Kier molecular flexibility index (Phi) is 5.10. The molecule has 5 aromatic rings. The van der Waals surface area contributed by atoms with E-state index in [-0.39, 0.29) is 0 Å². The monoisotopic (exact) mass is 413 g/mol. The Labute approximate surface area is 179 Å². The molecule has 2 aromatic carbocycles. The van der Waals surface area contributed by atoms with Crippen LogP contribution in [0.15, 0.2) is 61.1 Å². The van der Waals surface area contributed by atoms with E-state index in [0.717, 1.165) is 46.5 Å². The molecule has 0 bridgehead atoms. The zero-order valence-electron chi connectivity index (χ0n) is 17.1. The molecule has 3 heterocycles. The number of methoxy groups -OCH3 is 1. The number of hydrogen-bond donors (Lipinski definition) is 4. The van der Waals surface area contributed by atoms with Gasteiger partial charge in [0.2, 0.25) is 5.95 Å². The van der Waals surface area contributed by atoms with Crippen LogP contribution in [-0.2, 0) is 13.0 Å². The number of benzene rings is 2. The summed E-state index contributed by atoms with van der Waals surface area (Å²) in [5, 5.41) is 16.0. The van der Waals surface area contributed by atoms with Crippen LogP contribution < -0.4 is 15.4 Å². The lowest BCUT2D eigenvalue weighted by molar-refractivity contribution is 0.415. The van der Waals surface area contributed by atoms with Crippen LogP contribution in [0.1, 0.15) is 11.1 Å². The first kappa shape index (κ1) is 18.9. The highest BCUT2D eigenvalue weighted by atomic mass is 16.5. The summed E-state index contributed by atoms with van der Waals surface area (Å²) in [4.78, 5) is 12.2. The normalized spacial score (nSPS) is 11.1. The van der Waals surface area contributed by atoms with Crippen molar-refractivity contribution >= 4 is 33.6 Å². The van der Waals surface area contributed by atoms with Gasteiger partial charge in [-0.25, -0.2) is 4.98 Å². The van der Waals surface area contributed by atoms with Crippen molar-refractivity contribution in [2.45, 2.75) is 13.0 Å². The summed E-state index contributed by atoms with van der Waals surface area (Å²) in [6.45, 7) is 1.40. The smallest absolute Gasteiger partial charge is 0.224 e. The van der Waals surface area contributed by atoms with Gasteiger partial charge in [-0.3, -0.25) is 5.10 Å². The summed E-state index contributed by atoms with van der Waals surface area (Å²) < 4.78 is 5.35. The predicted octanol–water partition coefficient (Wildman–Crippen LogP) is 4.11. The number of nitrogens with zero attached hydrogens (tertiary/aromatic N) is 3. The van der Waals surface area contributed by atoms with E-state index in [9.17, 15) is 0 Å². The molecule has 0 aliphatic carbocycles. The number of anilines is 2. The minimum Gasteiger partial charge on any atom is -0.497 e. The predicted molar refractivity (Wildman–Crippen MR) is 122 cm³/mol. The molecule has 31 heavy (non-hydrogen) atoms. The highest BCUT2D eigenvalue weighted by Gasteiger charge is 2.06. The second-order valence-corrected chi connectivity index (χ2v) is 7.31. The van der Waals surface area contributed by atoms with Crippen LogP contribution in [0.3, 0.4) is 0 Å². The second-order valence-electron chi connectivity index (χ2n) is 7.31. The van der Waals surface area contributed by atoms with Gasteiger partial charge in [-0.15, -0.1) is 0 Å². The first-order valence-corrected chi connectivity index (χ1v) is 10.2. The molecule has 0 spiro atoms. The maximum atomic E-state index is 5.35. The molecule has 0 saturated heterocycles. The Hall–Kier alpha value is -4.07. The number of fused-ring (bicyclic) bond motifs is 2. The summed E-state index contributed by atoms with van der Waals surface area (Å²) in [5.74, 6) is 2.24. The standard InChI is InChI=1S/C23H23N7O/c1-31-18-3-5-21-19(11-18)16(13-26-21)6-8-24-22-7-9-25-23(29-22)27-12-15-2-4-20-17(10-15)14-28-30-20/h2-5,7,9-11,13-14,26H,6,8,12H2,1H3,(H,28,30)(H2,24,25,27,29). The Bertz CT molecular complexity index is 1320. The van der Waals surface area contributed by atoms with E-state index in [1.165, 1.54) is 10.9 Å². The molecule has 0 fully saturated rings. The van der Waals surface area contributed by atoms with Gasteiger partial charge in [0.05, 0.1) is 18.8 Å². The number of ether oxygens (including phenoxy) is 1. The first-order chi connectivity index (χ1) is 15.3. The van der Waals surface area contributed by atoms with E-state index in [4.69, 9.17) is 4.74 Å². The third-order valence-corrected chi connectivity index (χ3v) is 5.29. The van der Waals surface area contributed by atoms with Gasteiger partial charge in [-0.1, -0.05) is 6.07 Å². The van der Waals surface area contributed by atoms with E-state index in [2.05, 4.69) is 60.2 Å². The number of nitrogens with one attached hydrogen (secondary N) is 4. The van der Waals surface area contributed by atoms with E-state index < -0.39 is 0 Å². The first-order valence-electron chi connectivity index (χ1n) is 10.2. The fourth-order valence-electron chi connectivity index (χ4n) is 3.64. The number of hydrogen-bond acceptors (Lipinski definition) is 6. The summed E-state index contributed by atoms with van der Waals surface area (Å²) in [7, 11) is 1.69. The quantitative estimate of drug-likeness (QED) is 0.305. The molecule has 5 rings (SSSR count). The third kappa shape index (κ3) is 4.13. The molecule has 0 aliphatic heterocycles. The van der Waals surface area contributed by atoms with Crippen LogP contribution >= 0.6 is 0 Å². The molecule has 0 amide bonds. The largest absolute Gasteiger partial charge is 0.497 e. The molecule has 0 atom stereocenters. The van der Waals surface area contributed by atoms with Crippen molar-refractivity contribution in [1.82, 2.24) is 25.1 Å². The fourth-order valence-corrected chi connectivity index (χ4v) is 3.64. The molecule has 4 N–H and O–H groups in total. The van der Waals surface area contributed by atoms with Crippen molar-refractivity contribution in [3.8, 4) is 5.75 Å². The van der Waals surface area contributed by atoms with Gasteiger partial charge in [0.15, 0.2) is 0 Å². The van der Waals surface area contributed by atoms with Gasteiger partial charge in [0.1, 0.15) is 11.6 Å². The average molecular weight is 413 g/mol. The molecule has 0 radical (unpaired) electrons. The van der Waals surface area contributed by atoms with Crippen molar-refractivity contribution in [2.24, 2.45) is 0 Å². The van der Waals surface area contributed by atoms with Gasteiger partial charge >= 0.3 is 0 Å². The van der Waals surface area contributed by atoms with Crippen LogP contribution in [0.5, 0.6) is 5.75 Å². The van der Waals surface area contributed by atoms with E-state index >= 15 is 0 Å². The topological polar surface area (TPSA) is 104 Å². The lowest BCUT2D eigenvalue weighted by Gasteiger charge is -2.09. The van der Waals surface area contributed by atoms with E-state index in [0.29, 0.717) is 12.5 Å². The SMILES string of the molecule is COc1ccc2[nH]cc(CCNc3ccnc(NCc4ccc5[nH]ncc5c4)n3)c2c1. The molecule has 0 unspecified atom stereocenters. The van der Waals surface area contributed by atoms with Crippen molar-refractivity contribution in [3.05, 3.63) is 72.2 Å². The average Bonchev–Trinajstić information content (AvgIpc) is 3.44. The van der Waals surface area contributed by atoms with Crippen LogP contribution in [-0.4, -0.2) is 38.8 Å².